The Labute approximate surface area is 415 Å². The maximum atomic E-state index is 7.02. The van der Waals surface area contributed by atoms with E-state index in [0.29, 0.717) is 6.67 Å². The molecule has 0 radical (unpaired) electrons. The maximum absolute atomic E-state index is 7.02. The average Bonchev–Trinajstić information content (AvgIpc) is 3.86. The zero-order chi connectivity index (χ0) is 49.2. The number of rotatable bonds is 11. The number of nitrogens with zero attached hydrogens (tertiary/aromatic N) is 4. The van der Waals surface area contributed by atoms with Crippen LogP contribution in [0.5, 0.6) is 11.5 Å². The summed E-state index contributed by atoms with van der Waals surface area (Å²) in [6, 6.07) is 66.1. The molecule has 2 aromatic heterocycles. The Kier molecular flexibility index (Phi) is 11.6. The second-order valence-corrected chi connectivity index (χ2v) is 21.9. The Balaban J connectivity index is 1.03. The van der Waals surface area contributed by atoms with E-state index in [4.69, 9.17) is 9.72 Å². The molecule has 1 aliphatic heterocycles. The maximum Gasteiger partial charge on any atom is 0.137 e. The first kappa shape index (κ1) is 46.4. The second-order valence-electron chi connectivity index (χ2n) is 21.9. The normalized spacial score (nSPS) is 13.8. The van der Waals surface area contributed by atoms with Crippen molar-refractivity contribution in [3.05, 3.63) is 239 Å². The van der Waals surface area contributed by atoms with Crippen LogP contribution in [0, 0.1) is 0 Å². The number of benzene rings is 7. The highest BCUT2D eigenvalue weighted by Gasteiger charge is 2.33. The summed E-state index contributed by atoms with van der Waals surface area (Å²) < 4.78 is 9.31. The van der Waals surface area contributed by atoms with Gasteiger partial charge < -0.3 is 14.5 Å². The fraction of sp³-hybridized carbons (Fsp3) is 0.246. The zero-order valence-corrected chi connectivity index (χ0v) is 42.8. The van der Waals surface area contributed by atoms with Gasteiger partial charge in [-0.3, -0.25) is 4.57 Å². The fourth-order valence-corrected chi connectivity index (χ4v) is 10.4. The highest BCUT2D eigenvalue weighted by Crippen LogP contribution is 2.44. The number of hydrogen-bond acceptors (Lipinski definition) is 4. The third kappa shape index (κ3) is 8.36. The van der Waals surface area contributed by atoms with Crippen molar-refractivity contribution >= 4 is 33.2 Å². The second kappa shape index (κ2) is 17.5. The number of fused-ring (bicyclic) bond motifs is 3. The van der Waals surface area contributed by atoms with Crippen molar-refractivity contribution in [2.75, 3.05) is 16.5 Å². The molecule has 9 aromatic rings. The molecule has 0 N–H and O–H groups in total. The van der Waals surface area contributed by atoms with Gasteiger partial charge in [0.25, 0.3) is 0 Å². The van der Waals surface area contributed by atoms with E-state index in [1.807, 2.05) is 6.20 Å². The first-order valence-corrected chi connectivity index (χ1v) is 24.8. The molecule has 3 heterocycles. The van der Waals surface area contributed by atoms with E-state index in [2.05, 4.69) is 273 Å². The van der Waals surface area contributed by atoms with Gasteiger partial charge in [-0.15, -0.1) is 0 Å². The number of pyridine rings is 1. The van der Waals surface area contributed by atoms with Crippen molar-refractivity contribution in [3.8, 4) is 17.3 Å². The molecule has 352 valence electrons. The van der Waals surface area contributed by atoms with E-state index in [1.165, 1.54) is 61.4 Å². The lowest BCUT2D eigenvalue weighted by molar-refractivity contribution is 0.479. The fourth-order valence-electron chi connectivity index (χ4n) is 10.4. The van der Waals surface area contributed by atoms with Crippen LogP contribution in [0.1, 0.15) is 115 Å². The van der Waals surface area contributed by atoms with Gasteiger partial charge in [0.2, 0.25) is 0 Å². The minimum absolute atomic E-state index is 0.129. The van der Waals surface area contributed by atoms with Gasteiger partial charge >= 0.3 is 0 Å². The van der Waals surface area contributed by atoms with Crippen molar-refractivity contribution in [2.45, 2.75) is 97.8 Å². The first-order chi connectivity index (χ1) is 33.4. The van der Waals surface area contributed by atoms with E-state index >= 15 is 0 Å². The molecule has 5 nitrogen and oxygen atoms in total. The molecule has 10 rings (SSSR count). The Morgan fingerprint density at radius 2 is 0.886 bits per heavy atom. The predicted octanol–water partition coefficient (Wildman–Crippen LogP) is 16.8. The molecule has 0 atom stereocenters. The molecule has 0 spiro atoms. The van der Waals surface area contributed by atoms with Crippen molar-refractivity contribution in [1.29, 1.82) is 0 Å². The topological polar surface area (TPSA) is 33.5 Å². The lowest BCUT2D eigenvalue weighted by Crippen LogP contribution is -2.29. The molecule has 0 amide bonds. The molecule has 0 saturated carbocycles. The van der Waals surface area contributed by atoms with Crippen LogP contribution >= 0.6 is 0 Å². The summed E-state index contributed by atoms with van der Waals surface area (Å²) in [4.78, 5) is 9.95. The lowest BCUT2D eigenvalue weighted by atomic mass is 9.73. The molecule has 0 bridgehead atoms. The minimum Gasteiger partial charge on any atom is -0.457 e. The van der Waals surface area contributed by atoms with Gasteiger partial charge in [-0.2, -0.15) is 0 Å². The summed E-state index contributed by atoms with van der Waals surface area (Å²) in [6.07, 6.45) is 1.94. The molecule has 0 unspecified atom stereocenters. The van der Waals surface area contributed by atoms with Crippen molar-refractivity contribution in [2.24, 2.45) is 0 Å². The third-order valence-corrected chi connectivity index (χ3v) is 15.4. The predicted molar refractivity (Wildman–Crippen MR) is 294 cm³/mol. The summed E-state index contributed by atoms with van der Waals surface area (Å²) in [5.41, 5.74) is 14.9. The van der Waals surface area contributed by atoms with E-state index in [0.717, 1.165) is 39.4 Å². The van der Waals surface area contributed by atoms with Crippen LogP contribution in [-0.4, -0.2) is 16.2 Å². The van der Waals surface area contributed by atoms with Crippen LogP contribution in [0.2, 0.25) is 0 Å². The van der Waals surface area contributed by atoms with Crippen molar-refractivity contribution in [3.63, 3.8) is 0 Å². The number of allylic oxidation sites excluding steroid dienone is 2. The monoisotopic (exact) mass is 919 g/mol. The first-order valence-electron chi connectivity index (χ1n) is 24.8. The number of ether oxygens (including phenoxy) is 1. The number of aromatic nitrogens is 2. The largest absolute Gasteiger partial charge is 0.457 e. The van der Waals surface area contributed by atoms with E-state index < -0.39 is 0 Å². The summed E-state index contributed by atoms with van der Waals surface area (Å²) in [5, 5.41) is 2.33. The summed E-state index contributed by atoms with van der Waals surface area (Å²) >= 11 is 0. The van der Waals surface area contributed by atoms with Crippen LogP contribution in [0.3, 0.4) is 0 Å². The smallest absolute Gasteiger partial charge is 0.137 e. The van der Waals surface area contributed by atoms with E-state index in [9.17, 15) is 0 Å². The van der Waals surface area contributed by atoms with Crippen LogP contribution in [0.15, 0.2) is 200 Å². The van der Waals surface area contributed by atoms with Crippen LogP contribution in [0.4, 0.5) is 11.4 Å². The Hall–Kier alpha value is -7.37. The van der Waals surface area contributed by atoms with Gasteiger partial charge in [0.15, 0.2) is 0 Å². The minimum atomic E-state index is -0.227. The number of para-hydroxylation sites is 1. The third-order valence-electron chi connectivity index (χ3n) is 15.4. The Morgan fingerprint density at radius 1 is 0.400 bits per heavy atom. The molecule has 70 heavy (non-hydrogen) atoms. The number of anilines is 2. The molecular formula is C65H66N4O. The summed E-state index contributed by atoms with van der Waals surface area (Å²) in [5.74, 6) is 2.45. The highest BCUT2D eigenvalue weighted by atomic mass is 16.5. The molecule has 5 heteroatoms. The molecule has 7 aromatic carbocycles. The van der Waals surface area contributed by atoms with Gasteiger partial charge in [-0.1, -0.05) is 178 Å². The molecule has 0 aliphatic carbocycles. The van der Waals surface area contributed by atoms with Crippen LogP contribution in [0.25, 0.3) is 27.6 Å². The van der Waals surface area contributed by atoms with Gasteiger partial charge in [0, 0.05) is 68.1 Å². The summed E-state index contributed by atoms with van der Waals surface area (Å²) in [7, 11) is 0. The van der Waals surface area contributed by atoms with E-state index in [-0.39, 0.29) is 21.7 Å². The standard InChI is InChI=1S/C65H66N4O/c1-44-45(2)68(43-67(44)53-37-51(64(8,9)47-25-17-13-18-26-47)35-52(38-53)65(10,11)48-27-19-14-20-28-48)54-36-50(62(3,4)5)39-56(41-54)70-55-31-32-58-57-29-21-22-30-59(57)69(60(58)42-55)61-40-49(33-34-66-61)63(6,7)46-23-15-12-16-24-46/h12-42H,43H2,1-11H3. The van der Waals surface area contributed by atoms with Crippen molar-refractivity contribution in [1.82, 2.24) is 9.55 Å². The molecular weight excluding hydrogens is 853 g/mol. The van der Waals surface area contributed by atoms with Gasteiger partial charge in [-0.25, -0.2) is 4.98 Å². The average molecular weight is 919 g/mol. The van der Waals surface area contributed by atoms with Gasteiger partial charge in [0.05, 0.1) is 17.7 Å². The Morgan fingerprint density at radius 3 is 1.44 bits per heavy atom. The molecule has 1 aliphatic rings. The lowest BCUT2D eigenvalue weighted by Gasteiger charge is -2.33. The van der Waals surface area contributed by atoms with Crippen LogP contribution in [-0.2, 0) is 21.7 Å². The van der Waals surface area contributed by atoms with Gasteiger partial charge in [-0.05, 0) is 113 Å². The van der Waals surface area contributed by atoms with E-state index in [1.54, 1.807) is 0 Å². The zero-order valence-electron chi connectivity index (χ0n) is 42.8. The van der Waals surface area contributed by atoms with Crippen molar-refractivity contribution < 1.29 is 4.74 Å². The SMILES string of the molecule is CC1=C(C)N(c2cc(C(C)(C)c3ccccc3)cc(C(C)(C)c3ccccc3)c2)CN1c1cc(Oc2ccc3c4ccccc4n(-c4cc(C(C)(C)c5ccccc5)ccn4)c3c2)cc(C(C)(C)C)c1. The highest BCUT2D eigenvalue weighted by molar-refractivity contribution is 6.09. The van der Waals surface area contributed by atoms with Crippen LogP contribution < -0.4 is 14.5 Å². The summed E-state index contributed by atoms with van der Waals surface area (Å²) in [6.45, 7) is 26.0. The quantitative estimate of drug-likeness (QED) is 0.129. The van der Waals surface area contributed by atoms with Gasteiger partial charge in [0.1, 0.15) is 17.3 Å². The number of hydrogen-bond donors (Lipinski definition) is 0. The molecule has 0 saturated heterocycles. The Bertz CT molecular complexity index is 3340. The molecule has 0 fully saturated rings.